The Bertz CT molecular complexity index is 362. The van der Waals surface area contributed by atoms with Crippen molar-refractivity contribution in [1.82, 2.24) is 0 Å². The van der Waals surface area contributed by atoms with Gasteiger partial charge >= 0.3 is 0 Å². The first kappa shape index (κ1) is 27.5. The molecule has 4 N–H and O–H groups in total. The van der Waals surface area contributed by atoms with Gasteiger partial charge in [0.15, 0.2) is 0 Å². The molecule has 0 atom stereocenters. The molecule has 0 aliphatic heterocycles. The fourth-order valence-electron chi connectivity index (χ4n) is 0.671. The Hall–Kier alpha value is -0.380. The van der Waals surface area contributed by atoms with E-state index >= 15 is 0 Å². The molecule has 0 aromatic carbocycles. The van der Waals surface area contributed by atoms with Gasteiger partial charge in [0.05, 0.1) is 65.4 Å². The number of aliphatic hydroxyl groups is 2. The Balaban J connectivity index is -0.000000329. The maximum absolute atomic E-state index is 9.19. The predicted octanol–water partition coefficient (Wildman–Crippen LogP) is -1.97. The van der Waals surface area contributed by atoms with E-state index in [9.17, 15) is 16.8 Å². The van der Waals surface area contributed by atoms with Gasteiger partial charge in [-0.25, -0.2) is 0 Å². The summed E-state index contributed by atoms with van der Waals surface area (Å²) in [5.74, 6) is 0. The third-order valence-electron chi connectivity index (χ3n) is 1.22. The van der Waals surface area contributed by atoms with Gasteiger partial charge in [-0.3, -0.25) is 9.11 Å². The molecule has 0 rings (SSSR count). The second kappa shape index (κ2) is 18.0. The number of aliphatic hydroxyl groups excluding tert-OH is 2. The van der Waals surface area contributed by atoms with Crippen molar-refractivity contribution >= 4 is 20.2 Å². The molecule has 0 spiro atoms. The van der Waals surface area contributed by atoms with Crippen molar-refractivity contribution in [3.05, 3.63) is 0 Å². The molecule has 0 radical (unpaired) electrons. The van der Waals surface area contributed by atoms with E-state index in [1.807, 2.05) is 0 Å². The standard InChI is InChI=1S/C8H18O5.2CH4O3S/c9-1-3-11-5-7-13-8-6-12-4-2-10;2*1-5(2,3)4/h9-10H,1-8H2;2*1H3,(H,2,3,4). The summed E-state index contributed by atoms with van der Waals surface area (Å²) in [6.07, 6.45) is 1.43. The minimum atomic E-state index is -3.67. The zero-order valence-corrected chi connectivity index (χ0v) is 14.8. The Kier molecular flexibility index (Phi) is 21.5. The number of rotatable bonds is 10. The molecule has 0 aromatic heterocycles. The molecule has 0 unspecified atom stereocenters. The van der Waals surface area contributed by atoms with E-state index < -0.39 is 20.2 Å². The van der Waals surface area contributed by atoms with E-state index in [2.05, 4.69) is 0 Å². The summed E-state index contributed by atoms with van der Waals surface area (Å²) >= 11 is 0. The summed E-state index contributed by atoms with van der Waals surface area (Å²) < 4.78 is 66.8. The van der Waals surface area contributed by atoms with Crippen LogP contribution in [0.15, 0.2) is 0 Å². The van der Waals surface area contributed by atoms with Gasteiger partial charge in [-0.1, -0.05) is 0 Å². The highest BCUT2D eigenvalue weighted by molar-refractivity contribution is 7.85. The minimum absolute atomic E-state index is 0.0413. The first-order valence-corrected chi connectivity index (χ1v) is 9.91. The van der Waals surface area contributed by atoms with Crippen molar-refractivity contribution < 1.29 is 50.4 Å². The molecule has 0 saturated heterocycles. The van der Waals surface area contributed by atoms with Gasteiger partial charge in [-0.15, -0.1) is 0 Å². The van der Waals surface area contributed by atoms with Crippen LogP contribution in [0.5, 0.6) is 0 Å². The number of ether oxygens (including phenoxy) is 3. The average Bonchev–Trinajstić information content (AvgIpc) is 2.33. The van der Waals surface area contributed by atoms with Crippen LogP contribution >= 0.6 is 0 Å². The summed E-state index contributed by atoms with van der Waals surface area (Å²) in [4.78, 5) is 0. The van der Waals surface area contributed by atoms with Gasteiger partial charge in [-0.2, -0.15) is 16.8 Å². The molecule has 0 amide bonds. The summed E-state index contributed by atoms with van der Waals surface area (Å²) in [6.45, 7) is 2.76. The number of hydrogen-bond acceptors (Lipinski definition) is 9. The molecule has 0 fully saturated rings. The van der Waals surface area contributed by atoms with Gasteiger partial charge in [0.1, 0.15) is 0 Å². The Morgan fingerprint density at radius 1 is 0.609 bits per heavy atom. The molecule has 13 heteroatoms. The van der Waals surface area contributed by atoms with Crippen molar-refractivity contribution in [3.63, 3.8) is 0 Å². The molecule has 0 bridgehead atoms. The summed E-state index contributed by atoms with van der Waals surface area (Å²) in [5, 5.41) is 16.7. The van der Waals surface area contributed by atoms with Crippen LogP contribution in [0.2, 0.25) is 0 Å². The number of hydrogen-bond donors (Lipinski definition) is 4. The van der Waals surface area contributed by atoms with E-state index in [-0.39, 0.29) is 13.2 Å². The Morgan fingerprint density at radius 2 is 0.783 bits per heavy atom. The van der Waals surface area contributed by atoms with Gasteiger partial charge in [0, 0.05) is 0 Å². The highest BCUT2D eigenvalue weighted by Gasteiger charge is 1.90. The lowest BCUT2D eigenvalue weighted by Crippen LogP contribution is -2.11. The van der Waals surface area contributed by atoms with Crippen molar-refractivity contribution in [1.29, 1.82) is 0 Å². The van der Waals surface area contributed by atoms with Crippen LogP contribution in [0.1, 0.15) is 0 Å². The second-order valence-electron chi connectivity index (χ2n) is 3.75. The fourth-order valence-corrected chi connectivity index (χ4v) is 0.671. The molecular formula is C10H26O11S2. The van der Waals surface area contributed by atoms with Crippen LogP contribution in [0.25, 0.3) is 0 Å². The minimum Gasteiger partial charge on any atom is -0.394 e. The topological polar surface area (TPSA) is 177 Å². The molecule has 0 aliphatic rings. The lowest BCUT2D eigenvalue weighted by atomic mass is 10.7. The van der Waals surface area contributed by atoms with Gasteiger partial charge in [-0.05, 0) is 0 Å². The second-order valence-corrected chi connectivity index (χ2v) is 6.68. The lowest BCUT2D eigenvalue weighted by molar-refractivity contribution is 0.00230. The smallest absolute Gasteiger partial charge is 0.261 e. The average molecular weight is 386 g/mol. The van der Waals surface area contributed by atoms with Gasteiger partial charge in [0.25, 0.3) is 20.2 Å². The normalized spacial score (nSPS) is 11.0. The largest absolute Gasteiger partial charge is 0.394 e. The van der Waals surface area contributed by atoms with Crippen molar-refractivity contribution in [2.45, 2.75) is 0 Å². The Labute approximate surface area is 136 Å². The molecule has 11 nitrogen and oxygen atoms in total. The summed E-state index contributed by atoms with van der Waals surface area (Å²) in [6, 6.07) is 0. The van der Waals surface area contributed by atoms with Gasteiger partial charge < -0.3 is 24.4 Å². The lowest BCUT2D eigenvalue weighted by Gasteiger charge is -2.04. The maximum atomic E-state index is 9.19. The van der Waals surface area contributed by atoms with Crippen LogP contribution in [-0.2, 0) is 34.4 Å². The van der Waals surface area contributed by atoms with E-state index in [0.717, 1.165) is 0 Å². The quantitative estimate of drug-likeness (QED) is 0.242. The summed E-state index contributed by atoms with van der Waals surface area (Å²) in [7, 11) is -7.33. The summed E-state index contributed by atoms with van der Waals surface area (Å²) in [5.41, 5.74) is 0. The molecule has 0 saturated carbocycles. The predicted molar refractivity (Wildman–Crippen MR) is 81.6 cm³/mol. The monoisotopic (exact) mass is 386 g/mol. The third kappa shape index (κ3) is 89.9. The first-order chi connectivity index (χ1) is 10.4. The zero-order chi connectivity index (χ0) is 18.8. The SMILES string of the molecule is CS(=O)(=O)O.CS(=O)(=O)O.OCCOCCOCCOCCO. The van der Waals surface area contributed by atoms with Crippen LogP contribution in [0.4, 0.5) is 0 Å². The first-order valence-electron chi connectivity index (χ1n) is 6.21. The van der Waals surface area contributed by atoms with Crippen LogP contribution < -0.4 is 0 Å². The molecule has 0 heterocycles. The van der Waals surface area contributed by atoms with Crippen LogP contribution in [0, 0.1) is 0 Å². The highest BCUT2D eigenvalue weighted by Crippen LogP contribution is 1.80. The highest BCUT2D eigenvalue weighted by atomic mass is 32.2. The zero-order valence-electron chi connectivity index (χ0n) is 13.1. The van der Waals surface area contributed by atoms with E-state index in [1.54, 1.807) is 0 Å². The molecule has 0 aliphatic carbocycles. The van der Waals surface area contributed by atoms with Gasteiger partial charge in [0.2, 0.25) is 0 Å². The van der Waals surface area contributed by atoms with E-state index in [0.29, 0.717) is 52.2 Å². The van der Waals surface area contributed by atoms with Crippen LogP contribution in [0.3, 0.4) is 0 Å². The van der Waals surface area contributed by atoms with Crippen LogP contribution in [-0.4, -0.2) is 102 Å². The van der Waals surface area contributed by atoms with E-state index in [4.69, 9.17) is 33.5 Å². The molecular weight excluding hydrogens is 360 g/mol. The molecule has 144 valence electrons. The van der Waals surface area contributed by atoms with Crippen molar-refractivity contribution in [2.24, 2.45) is 0 Å². The van der Waals surface area contributed by atoms with E-state index in [1.165, 1.54) is 0 Å². The molecule has 23 heavy (non-hydrogen) atoms. The van der Waals surface area contributed by atoms with Crippen molar-refractivity contribution in [3.8, 4) is 0 Å². The third-order valence-corrected chi connectivity index (χ3v) is 1.22. The molecule has 0 aromatic rings. The fraction of sp³-hybridized carbons (Fsp3) is 1.00. The maximum Gasteiger partial charge on any atom is 0.261 e. The Morgan fingerprint density at radius 3 is 0.957 bits per heavy atom. The van der Waals surface area contributed by atoms with Crippen molar-refractivity contribution in [2.75, 3.05) is 65.4 Å².